The van der Waals surface area contributed by atoms with E-state index in [-0.39, 0.29) is 24.0 Å². The number of carbonyl (C=O) groups excluding carboxylic acids is 1. The third-order valence-electron chi connectivity index (χ3n) is 4.78. The minimum Gasteiger partial charge on any atom is -0.393 e. The van der Waals surface area contributed by atoms with Crippen LogP contribution in [0.25, 0.3) is 0 Å². The predicted molar refractivity (Wildman–Crippen MR) is 92.3 cm³/mol. The molecule has 0 saturated heterocycles. The van der Waals surface area contributed by atoms with Crippen molar-refractivity contribution in [1.29, 1.82) is 0 Å². The summed E-state index contributed by atoms with van der Waals surface area (Å²) in [6.07, 6.45) is 6.17. The van der Waals surface area contributed by atoms with Crippen LogP contribution in [0.2, 0.25) is 0 Å². The average Bonchev–Trinajstić information content (AvgIpc) is 2.96. The molecule has 0 spiro atoms. The second-order valence-electron chi connectivity index (χ2n) is 6.86. The summed E-state index contributed by atoms with van der Waals surface area (Å²) in [5.41, 5.74) is 3.41. The van der Waals surface area contributed by atoms with Crippen molar-refractivity contribution in [3.63, 3.8) is 0 Å². The molecule has 3 rings (SSSR count). The number of aliphatic hydroxyl groups is 1. The molecular formula is C19H25N3O2. The Hall–Kier alpha value is -2.14. The van der Waals surface area contributed by atoms with Gasteiger partial charge in [0.1, 0.15) is 0 Å². The Labute approximate surface area is 142 Å². The van der Waals surface area contributed by atoms with E-state index in [4.69, 9.17) is 0 Å². The van der Waals surface area contributed by atoms with E-state index in [0.717, 1.165) is 24.8 Å². The van der Waals surface area contributed by atoms with Crippen LogP contribution in [0.5, 0.6) is 0 Å². The lowest BCUT2D eigenvalue weighted by Crippen LogP contribution is -2.41. The molecule has 5 heteroatoms. The first-order valence-electron chi connectivity index (χ1n) is 8.53. The van der Waals surface area contributed by atoms with Crippen LogP contribution in [0.3, 0.4) is 0 Å². The van der Waals surface area contributed by atoms with Crippen molar-refractivity contribution in [1.82, 2.24) is 15.1 Å². The Kier molecular flexibility index (Phi) is 5.00. The van der Waals surface area contributed by atoms with E-state index < -0.39 is 0 Å². The smallest absolute Gasteiger partial charge is 0.220 e. The zero-order chi connectivity index (χ0) is 17.1. The second-order valence-corrected chi connectivity index (χ2v) is 6.86. The van der Waals surface area contributed by atoms with Gasteiger partial charge >= 0.3 is 0 Å². The van der Waals surface area contributed by atoms with Gasteiger partial charge in [0, 0.05) is 25.2 Å². The van der Waals surface area contributed by atoms with Gasteiger partial charge in [0.15, 0.2) is 0 Å². The van der Waals surface area contributed by atoms with Gasteiger partial charge in [0.2, 0.25) is 5.91 Å². The molecular weight excluding hydrogens is 302 g/mol. The molecule has 24 heavy (non-hydrogen) atoms. The number of rotatable bonds is 6. The lowest BCUT2D eigenvalue weighted by atomic mass is 9.75. The van der Waals surface area contributed by atoms with Gasteiger partial charge < -0.3 is 10.4 Å². The standard InChI is InChI=1S/C19H25N3O2/c1-13-3-5-14(6-4-13)7-8-18(24)21-19(15-9-17(23)10-15)16-11-20-22(2)12-16/h3-6,11-12,15,17,19,23H,7-10H2,1-2H3,(H,21,24)/t15?,17?,19-/m1/s1. The normalized spacial score (nSPS) is 21.1. The van der Waals surface area contributed by atoms with Gasteiger partial charge in [-0.15, -0.1) is 0 Å². The lowest BCUT2D eigenvalue weighted by molar-refractivity contribution is -0.123. The van der Waals surface area contributed by atoms with Crippen LogP contribution in [0.4, 0.5) is 0 Å². The van der Waals surface area contributed by atoms with E-state index in [1.165, 1.54) is 11.1 Å². The number of nitrogens with zero attached hydrogens (tertiary/aromatic N) is 2. The molecule has 0 aliphatic heterocycles. The zero-order valence-corrected chi connectivity index (χ0v) is 14.3. The van der Waals surface area contributed by atoms with Crippen LogP contribution >= 0.6 is 0 Å². The van der Waals surface area contributed by atoms with Crippen molar-refractivity contribution in [2.75, 3.05) is 0 Å². The molecule has 1 aromatic heterocycles. The SMILES string of the molecule is Cc1ccc(CCC(=O)N[C@@H](c2cnn(C)c2)C2CC(O)C2)cc1. The first kappa shape index (κ1) is 16.7. The van der Waals surface area contributed by atoms with Gasteiger partial charge in [-0.05, 0) is 37.7 Å². The monoisotopic (exact) mass is 327 g/mol. The molecule has 5 nitrogen and oxygen atoms in total. The Morgan fingerprint density at radius 1 is 1.38 bits per heavy atom. The van der Waals surface area contributed by atoms with Gasteiger partial charge in [-0.1, -0.05) is 29.8 Å². The van der Waals surface area contributed by atoms with Crippen LogP contribution in [0, 0.1) is 12.8 Å². The number of aromatic nitrogens is 2. The minimum atomic E-state index is -0.237. The summed E-state index contributed by atoms with van der Waals surface area (Å²) in [4.78, 5) is 12.4. The highest BCUT2D eigenvalue weighted by Crippen LogP contribution is 2.38. The number of benzene rings is 1. The number of hydrogen-bond acceptors (Lipinski definition) is 3. The van der Waals surface area contributed by atoms with E-state index in [2.05, 4.69) is 41.6 Å². The predicted octanol–water partition coefficient (Wildman–Crippen LogP) is 2.29. The summed E-state index contributed by atoms with van der Waals surface area (Å²) in [6.45, 7) is 2.06. The van der Waals surface area contributed by atoms with Gasteiger partial charge in [0.05, 0.1) is 18.3 Å². The van der Waals surface area contributed by atoms with Crippen molar-refractivity contribution in [3.05, 3.63) is 53.3 Å². The Morgan fingerprint density at radius 3 is 2.67 bits per heavy atom. The molecule has 2 N–H and O–H groups in total. The van der Waals surface area contributed by atoms with Crippen LogP contribution in [-0.2, 0) is 18.3 Å². The number of aliphatic hydroxyl groups excluding tert-OH is 1. The van der Waals surface area contributed by atoms with Crippen molar-refractivity contribution in [2.24, 2.45) is 13.0 Å². The van der Waals surface area contributed by atoms with Crippen LogP contribution in [-0.4, -0.2) is 26.9 Å². The molecule has 1 fully saturated rings. The molecule has 0 radical (unpaired) electrons. The van der Waals surface area contributed by atoms with E-state index >= 15 is 0 Å². The van der Waals surface area contributed by atoms with Crippen molar-refractivity contribution in [3.8, 4) is 0 Å². The molecule has 1 aromatic carbocycles. The van der Waals surface area contributed by atoms with E-state index in [1.807, 2.05) is 13.2 Å². The fraction of sp³-hybridized carbons (Fsp3) is 0.474. The summed E-state index contributed by atoms with van der Waals surface area (Å²) in [5, 5.41) is 17.0. The van der Waals surface area contributed by atoms with E-state index in [9.17, 15) is 9.90 Å². The van der Waals surface area contributed by atoms with Crippen LogP contribution in [0.1, 0.15) is 42.0 Å². The summed E-state index contributed by atoms with van der Waals surface area (Å²) in [5.74, 6) is 0.332. The van der Waals surface area contributed by atoms with E-state index in [1.54, 1.807) is 10.9 Å². The van der Waals surface area contributed by atoms with Crippen molar-refractivity contribution < 1.29 is 9.90 Å². The van der Waals surface area contributed by atoms with Gasteiger partial charge in [0.25, 0.3) is 0 Å². The minimum absolute atomic E-state index is 0.0471. The largest absolute Gasteiger partial charge is 0.393 e. The summed E-state index contributed by atoms with van der Waals surface area (Å²) in [6, 6.07) is 8.23. The maximum Gasteiger partial charge on any atom is 0.220 e. The Balaban J connectivity index is 1.59. The fourth-order valence-electron chi connectivity index (χ4n) is 3.23. The lowest BCUT2D eigenvalue weighted by Gasteiger charge is -2.37. The number of aryl methyl sites for hydroxylation is 3. The number of nitrogens with one attached hydrogen (secondary N) is 1. The molecule has 2 aromatic rings. The molecule has 128 valence electrons. The zero-order valence-electron chi connectivity index (χ0n) is 14.3. The van der Waals surface area contributed by atoms with Gasteiger partial charge in [-0.2, -0.15) is 5.10 Å². The highest BCUT2D eigenvalue weighted by Gasteiger charge is 2.36. The second kappa shape index (κ2) is 7.18. The number of hydrogen-bond donors (Lipinski definition) is 2. The molecule has 1 aliphatic carbocycles. The van der Waals surface area contributed by atoms with Crippen LogP contribution in [0.15, 0.2) is 36.7 Å². The first-order valence-corrected chi connectivity index (χ1v) is 8.53. The fourth-order valence-corrected chi connectivity index (χ4v) is 3.23. The highest BCUT2D eigenvalue weighted by atomic mass is 16.3. The molecule has 1 aliphatic rings. The summed E-state index contributed by atoms with van der Waals surface area (Å²) >= 11 is 0. The van der Waals surface area contributed by atoms with Crippen LogP contribution < -0.4 is 5.32 Å². The number of carbonyl (C=O) groups is 1. The average molecular weight is 327 g/mol. The van der Waals surface area contributed by atoms with Gasteiger partial charge in [-0.25, -0.2) is 0 Å². The third kappa shape index (κ3) is 4.03. The highest BCUT2D eigenvalue weighted by molar-refractivity contribution is 5.76. The molecule has 1 saturated carbocycles. The Morgan fingerprint density at radius 2 is 2.08 bits per heavy atom. The summed E-state index contributed by atoms with van der Waals surface area (Å²) in [7, 11) is 1.87. The first-order chi connectivity index (χ1) is 11.5. The molecule has 0 bridgehead atoms. The maximum atomic E-state index is 12.4. The number of amides is 1. The van der Waals surface area contributed by atoms with E-state index in [0.29, 0.717) is 6.42 Å². The topological polar surface area (TPSA) is 67.2 Å². The molecule has 0 unspecified atom stereocenters. The van der Waals surface area contributed by atoms with Gasteiger partial charge in [-0.3, -0.25) is 9.48 Å². The van der Waals surface area contributed by atoms with Crippen molar-refractivity contribution >= 4 is 5.91 Å². The maximum absolute atomic E-state index is 12.4. The molecule has 1 amide bonds. The van der Waals surface area contributed by atoms with Crippen molar-refractivity contribution in [2.45, 2.75) is 44.8 Å². The third-order valence-corrected chi connectivity index (χ3v) is 4.78. The quantitative estimate of drug-likeness (QED) is 0.855. The summed E-state index contributed by atoms with van der Waals surface area (Å²) < 4.78 is 1.75. The Bertz CT molecular complexity index is 687. The molecule has 1 atom stereocenters. The molecule has 1 heterocycles.